The van der Waals surface area contributed by atoms with Gasteiger partial charge in [-0.15, -0.1) is 24.8 Å². The molecule has 0 spiro atoms. The van der Waals surface area contributed by atoms with E-state index in [0.717, 1.165) is 0 Å². The second kappa shape index (κ2) is 9.47. The van der Waals surface area contributed by atoms with Crippen molar-refractivity contribution in [3.8, 4) is 0 Å². The quantitative estimate of drug-likeness (QED) is 0.540. The van der Waals surface area contributed by atoms with Crippen molar-refractivity contribution in [2.45, 2.75) is 40.8 Å². The molecule has 0 heterocycles. The summed E-state index contributed by atoms with van der Waals surface area (Å²) in [5, 5.41) is 0. The fourth-order valence-electron chi connectivity index (χ4n) is 2.77. The average Bonchev–Trinajstić information content (AvgIpc) is 2.62. The van der Waals surface area contributed by atoms with Crippen LogP contribution >= 0.6 is 24.8 Å². The monoisotopic (exact) mass is 432 g/mol. The summed E-state index contributed by atoms with van der Waals surface area (Å²) in [6.45, 7) is 14.2. The standard InChI is InChI=1S/C15H18N.C2H6Si.2ClH.Zr/c1-10-11(2)13(4)15(12(10)3)16-14-8-6-5-7-9-14;1-3-2;;;/h5-9,12H,1-4H3;1-2H3;2*1H;/q-1;;;;+1. The van der Waals surface area contributed by atoms with Crippen LogP contribution in [-0.4, -0.2) is 5.43 Å². The Morgan fingerprint density at radius 2 is 1.50 bits per heavy atom. The summed E-state index contributed by atoms with van der Waals surface area (Å²) in [4.78, 5) is 0. The molecule has 2 rings (SSSR count). The molecule has 0 N–H and O–H groups in total. The molecule has 0 radical (unpaired) electrons. The first-order valence-corrected chi connectivity index (χ1v) is 14.5. The van der Waals surface area contributed by atoms with Gasteiger partial charge in [0.15, 0.2) is 0 Å². The Bertz CT molecular complexity index is 604. The third-order valence-corrected chi connectivity index (χ3v) is 11.0. The zero-order valence-corrected chi connectivity index (χ0v) is 19.3. The Morgan fingerprint density at radius 1 is 0.955 bits per heavy atom. The number of allylic oxidation sites excluding steroid dienone is 3. The molecule has 1 aliphatic rings. The van der Waals surface area contributed by atoms with E-state index in [1.165, 1.54) is 16.8 Å². The molecule has 0 fully saturated rings. The topological polar surface area (TPSA) is 3.24 Å². The summed E-state index contributed by atoms with van der Waals surface area (Å²) >= 11 is -0.539. The third kappa shape index (κ3) is 4.60. The summed E-state index contributed by atoms with van der Waals surface area (Å²) in [5.41, 5.74) is 7.42. The van der Waals surface area contributed by atoms with Gasteiger partial charge in [-0.25, -0.2) is 0 Å². The first-order chi connectivity index (χ1) is 9.43. The normalized spacial score (nSPS) is 16.7. The molecule has 121 valence electrons. The average molecular weight is 435 g/mol. The Hall–Kier alpha value is 0.180. The number of benzene rings is 1. The van der Waals surface area contributed by atoms with Crippen molar-refractivity contribution < 1.29 is 22.1 Å². The van der Waals surface area contributed by atoms with Crippen molar-refractivity contribution in [1.29, 1.82) is 0 Å². The van der Waals surface area contributed by atoms with E-state index in [0.29, 0.717) is 5.92 Å². The Kier molecular flexibility index (Phi) is 9.55. The van der Waals surface area contributed by atoms with Crippen molar-refractivity contribution in [2.75, 3.05) is 2.84 Å². The fraction of sp³-hybridized carbons (Fsp3) is 0.412. The summed E-state index contributed by atoms with van der Waals surface area (Å²) in [7, 11) is 0. The summed E-state index contributed by atoms with van der Waals surface area (Å²) < 4.78 is 2.73. The second-order valence-electron chi connectivity index (χ2n) is 5.82. The maximum atomic E-state index is 2.73. The fourth-order valence-corrected chi connectivity index (χ4v) is 9.86. The van der Waals surface area contributed by atoms with Gasteiger partial charge in [0.2, 0.25) is 0 Å². The largest absolute Gasteiger partial charge is 0.147 e. The Morgan fingerprint density at radius 3 is 1.91 bits per heavy atom. The van der Waals surface area contributed by atoms with Gasteiger partial charge in [0.25, 0.3) is 0 Å². The zero-order chi connectivity index (χ0) is 14.9. The number of para-hydroxylation sites is 1. The summed E-state index contributed by atoms with van der Waals surface area (Å²) in [6, 6.07) is 11.0. The summed E-state index contributed by atoms with van der Waals surface area (Å²) in [6.07, 6.45) is 0. The van der Waals surface area contributed by atoms with Crippen LogP contribution in [0, 0.1) is 5.92 Å². The van der Waals surface area contributed by atoms with Crippen LogP contribution in [0.1, 0.15) is 27.7 Å². The van der Waals surface area contributed by atoms with Crippen LogP contribution in [0.3, 0.4) is 0 Å². The number of hydrogen-bond donors (Lipinski definition) is 0. The van der Waals surface area contributed by atoms with Crippen LogP contribution in [0.2, 0.25) is 13.1 Å². The second-order valence-corrected chi connectivity index (χ2v) is 18.2. The molecule has 0 saturated carbocycles. The number of anilines is 1. The minimum Gasteiger partial charge on any atom is -0.147 e. The van der Waals surface area contributed by atoms with Gasteiger partial charge in [0, 0.05) is 0 Å². The molecule has 0 saturated heterocycles. The van der Waals surface area contributed by atoms with E-state index in [-0.39, 0.29) is 30.2 Å². The molecule has 1 atom stereocenters. The van der Waals surface area contributed by atoms with Gasteiger partial charge >= 0.3 is 136 Å². The number of nitrogens with zero attached hydrogens (tertiary/aromatic N) is 1. The van der Waals surface area contributed by atoms with Gasteiger partial charge in [-0.3, -0.25) is 0 Å². The van der Waals surface area contributed by atoms with Crippen LogP contribution in [0.25, 0.3) is 0 Å². The van der Waals surface area contributed by atoms with E-state index in [4.69, 9.17) is 0 Å². The maximum absolute atomic E-state index is 2.73. The van der Waals surface area contributed by atoms with Crippen molar-refractivity contribution in [3.05, 3.63) is 52.7 Å². The van der Waals surface area contributed by atoms with E-state index in [2.05, 4.69) is 74.0 Å². The molecule has 1 aliphatic carbocycles. The minimum atomic E-state index is -0.539. The molecule has 0 bridgehead atoms. The molecule has 0 aromatic heterocycles. The molecule has 5 heteroatoms. The summed E-state index contributed by atoms with van der Waals surface area (Å²) in [5.74, 6) is 0.581. The number of hydrogen-bond acceptors (Lipinski definition) is 1. The van der Waals surface area contributed by atoms with Crippen molar-refractivity contribution in [2.24, 2.45) is 5.92 Å². The van der Waals surface area contributed by atoms with E-state index >= 15 is 0 Å². The van der Waals surface area contributed by atoms with Crippen LogP contribution in [0.4, 0.5) is 5.69 Å². The van der Waals surface area contributed by atoms with E-state index in [9.17, 15) is 0 Å². The predicted octanol–water partition coefficient (Wildman–Crippen LogP) is 5.85. The van der Waals surface area contributed by atoms with Crippen molar-refractivity contribution >= 4 is 35.9 Å². The van der Waals surface area contributed by atoms with Gasteiger partial charge in [-0.1, -0.05) is 0 Å². The smallest absolute Gasteiger partial charge is 0.147 e. The molecular formula is C17H26Cl2NSiZr. The van der Waals surface area contributed by atoms with Gasteiger partial charge < -0.3 is 0 Å². The first-order valence-electron chi connectivity index (χ1n) is 7.24. The molecular weight excluding hydrogens is 408 g/mol. The van der Waals surface area contributed by atoms with Gasteiger partial charge in [0.05, 0.1) is 0 Å². The van der Waals surface area contributed by atoms with Gasteiger partial charge in [-0.2, -0.15) is 0 Å². The number of rotatable bonds is 3. The van der Waals surface area contributed by atoms with Crippen LogP contribution < -0.4 is 2.84 Å². The molecule has 1 aromatic rings. The van der Waals surface area contributed by atoms with E-state index < -0.39 is 22.1 Å². The van der Waals surface area contributed by atoms with Crippen LogP contribution in [0.15, 0.2) is 52.7 Å². The molecule has 0 aliphatic heterocycles. The third-order valence-electron chi connectivity index (χ3n) is 4.19. The first kappa shape index (κ1) is 22.2. The van der Waals surface area contributed by atoms with Gasteiger partial charge in [-0.05, 0) is 0 Å². The van der Waals surface area contributed by atoms with Crippen LogP contribution in [-0.2, 0) is 22.1 Å². The van der Waals surface area contributed by atoms with Crippen molar-refractivity contribution in [1.82, 2.24) is 0 Å². The molecule has 1 unspecified atom stereocenters. The van der Waals surface area contributed by atoms with Crippen LogP contribution in [0.5, 0.6) is 0 Å². The van der Waals surface area contributed by atoms with Gasteiger partial charge in [0.1, 0.15) is 0 Å². The Labute approximate surface area is 159 Å². The maximum Gasteiger partial charge on any atom is -0.147 e. The molecule has 1 aromatic carbocycles. The predicted molar refractivity (Wildman–Crippen MR) is 101 cm³/mol. The Balaban J connectivity index is 0.00000220. The SMILES string of the molecule is CC1=C(C)C(C)C([N]([Zr]=[Si](C)C)c2ccccc2)=C1C.Cl.Cl. The molecule has 0 amide bonds. The zero-order valence-electron chi connectivity index (χ0n) is 14.2. The van der Waals surface area contributed by atoms with E-state index in [1.807, 2.05) is 0 Å². The van der Waals surface area contributed by atoms with Crippen molar-refractivity contribution in [3.63, 3.8) is 0 Å². The molecule has 1 nitrogen and oxygen atoms in total. The number of halogens is 2. The minimum absolute atomic E-state index is 0. The molecule has 22 heavy (non-hydrogen) atoms. The van der Waals surface area contributed by atoms with E-state index in [1.54, 1.807) is 11.3 Å².